The lowest BCUT2D eigenvalue weighted by Crippen LogP contribution is -2.50. The maximum Gasteiger partial charge on any atom is 0.227 e. The molecule has 25 heavy (non-hydrogen) atoms. The Morgan fingerprint density at radius 1 is 1.04 bits per heavy atom. The normalized spacial score (nSPS) is 17.0. The highest BCUT2D eigenvalue weighted by atomic mass is 32.2. The van der Waals surface area contributed by atoms with Crippen LogP contribution < -0.4 is 0 Å². The number of piperazine rings is 1. The third-order valence-electron chi connectivity index (χ3n) is 4.95. The molecule has 1 fully saturated rings. The minimum absolute atomic E-state index is 0.0721. The van der Waals surface area contributed by atoms with Crippen LogP contribution in [-0.4, -0.2) is 56.0 Å². The Morgan fingerprint density at radius 3 is 1.92 bits per heavy atom. The van der Waals surface area contributed by atoms with E-state index < -0.39 is 10.0 Å². The van der Waals surface area contributed by atoms with Gasteiger partial charge in [0.25, 0.3) is 0 Å². The largest absolute Gasteiger partial charge is 0.340 e. The van der Waals surface area contributed by atoms with Gasteiger partial charge in [-0.3, -0.25) is 4.79 Å². The number of rotatable bonds is 3. The van der Waals surface area contributed by atoms with Crippen LogP contribution in [0, 0.1) is 13.8 Å². The molecule has 0 aromatic heterocycles. The van der Waals surface area contributed by atoms with Crippen LogP contribution in [0.2, 0.25) is 0 Å². The van der Waals surface area contributed by atoms with E-state index in [2.05, 4.69) is 46.8 Å². The van der Waals surface area contributed by atoms with Gasteiger partial charge in [-0.25, -0.2) is 8.42 Å². The zero-order valence-electron chi connectivity index (χ0n) is 16.2. The van der Waals surface area contributed by atoms with Gasteiger partial charge in [0, 0.05) is 26.2 Å². The number of nitrogens with zero attached hydrogens (tertiary/aromatic N) is 2. The van der Waals surface area contributed by atoms with Gasteiger partial charge in [0.1, 0.15) is 0 Å². The van der Waals surface area contributed by atoms with E-state index in [1.807, 2.05) is 0 Å². The molecule has 1 amide bonds. The molecule has 0 aliphatic carbocycles. The third-order valence-corrected chi connectivity index (χ3v) is 6.25. The van der Waals surface area contributed by atoms with Crippen molar-refractivity contribution in [1.82, 2.24) is 9.21 Å². The molecule has 1 aliphatic heterocycles. The molecule has 0 spiro atoms. The SMILES string of the molecule is Cc1cc(C(C)(C)C)cc(C)c1CC(=O)N1CCN(S(C)(=O)=O)CC1. The van der Waals surface area contributed by atoms with Gasteiger partial charge >= 0.3 is 0 Å². The highest BCUT2D eigenvalue weighted by Gasteiger charge is 2.26. The molecule has 0 atom stereocenters. The first kappa shape index (κ1) is 19.9. The maximum absolute atomic E-state index is 12.7. The van der Waals surface area contributed by atoms with Gasteiger partial charge in [0.2, 0.25) is 15.9 Å². The molecule has 1 aromatic rings. The number of aryl methyl sites for hydroxylation is 2. The van der Waals surface area contributed by atoms with Crippen LogP contribution in [0.3, 0.4) is 0 Å². The Bertz CT molecular complexity index is 732. The van der Waals surface area contributed by atoms with Crippen LogP contribution in [0.5, 0.6) is 0 Å². The van der Waals surface area contributed by atoms with Crippen LogP contribution in [-0.2, 0) is 26.7 Å². The molecule has 0 radical (unpaired) electrons. The molecule has 0 unspecified atom stereocenters. The second-order valence-electron chi connectivity index (χ2n) is 8.06. The second kappa shape index (κ2) is 7.08. The Kier molecular flexibility index (Phi) is 5.64. The Morgan fingerprint density at radius 2 is 1.52 bits per heavy atom. The minimum Gasteiger partial charge on any atom is -0.340 e. The number of sulfonamides is 1. The Hall–Kier alpha value is -1.40. The van der Waals surface area contributed by atoms with Crippen LogP contribution in [0.1, 0.15) is 43.0 Å². The van der Waals surface area contributed by atoms with Crippen molar-refractivity contribution in [2.45, 2.75) is 46.5 Å². The van der Waals surface area contributed by atoms with E-state index in [-0.39, 0.29) is 11.3 Å². The monoisotopic (exact) mass is 366 g/mol. The molecule has 6 heteroatoms. The van der Waals surface area contributed by atoms with Gasteiger partial charge in [-0.05, 0) is 41.5 Å². The number of carbonyl (C=O) groups excluding carboxylic acids is 1. The van der Waals surface area contributed by atoms with E-state index in [0.29, 0.717) is 32.6 Å². The van der Waals surface area contributed by atoms with Crippen molar-refractivity contribution < 1.29 is 13.2 Å². The summed E-state index contributed by atoms with van der Waals surface area (Å²) in [7, 11) is -3.17. The molecule has 5 nitrogen and oxygen atoms in total. The first-order chi connectivity index (χ1) is 11.4. The molecular weight excluding hydrogens is 336 g/mol. The molecule has 2 rings (SSSR count). The van der Waals surface area contributed by atoms with E-state index >= 15 is 0 Å². The van der Waals surface area contributed by atoms with Gasteiger partial charge in [-0.2, -0.15) is 4.31 Å². The Labute approximate surface area is 152 Å². The van der Waals surface area contributed by atoms with Gasteiger partial charge in [0.05, 0.1) is 12.7 Å². The minimum atomic E-state index is -3.17. The summed E-state index contributed by atoms with van der Waals surface area (Å²) in [6, 6.07) is 4.36. The molecule has 0 saturated carbocycles. The molecule has 1 heterocycles. The number of benzene rings is 1. The van der Waals surface area contributed by atoms with E-state index in [9.17, 15) is 13.2 Å². The number of amides is 1. The van der Waals surface area contributed by atoms with Gasteiger partial charge < -0.3 is 4.90 Å². The predicted octanol–water partition coefficient (Wildman–Crippen LogP) is 2.25. The van der Waals surface area contributed by atoms with Gasteiger partial charge in [0.15, 0.2) is 0 Å². The molecular formula is C19H30N2O3S. The first-order valence-electron chi connectivity index (χ1n) is 8.73. The fraction of sp³-hybridized carbons (Fsp3) is 0.632. The highest BCUT2D eigenvalue weighted by molar-refractivity contribution is 7.88. The van der Waals surface area contributed by atoms with Crippen molar-refractivity contribution in [3.8, 4) is 0 Å². The lowest BCUT2D eigenvalue weighted by Gasteiger charge is -2.33. The van der Waals surface area contributed by atoms with E-state index in [1.165, 1.54) is 16.1 Å². The molecule has 1 saturated heterocycles. The third kappa shape index (κ3) is 4.82. The van der Waals surface area contributed by atoms with E-state index in [4.69, 9.17) is 0 Å². The smallest absolute Gasteiger partial charge is 0.227 e. The average molecular weight is 367 g/mol. The molecule has 140 valence electrons. The number of hydrogen-bond acceptors (Lipinski definition) is 3. The van der Waals surface area contributed by atoms with Crippen molar-refractivity contribution in [2.75, 3.05) is 32.4 Å². The zero-order valence-corrected chi connectivity index (χ0v) is 17.0. The van der Waals surface area contributed by atoms with Crippen molar-refractivity contribution in [2.24, 2.45) is 0 Å². The number of hydrogen-bond donors (Lipinski definition) is 0. The van der Waals surface area contributed by atoms with Gasteiger partial charge in [-0.1, -0.05) is 32.9 Å². The summed E-state index contributed by atoms with van der Waals surface area (Å²) >= 11 is 0. The highest BCUT2D eigenvalue weighted by Crippen LogP contribution is 2.27. The van der Waals surface area contributed by atoms with E-state index in [0.717, 1.165) is 16.7 Å². The second-order valence-corrected chi connectivity index (χ2v) is 10.0. The molecule has 1 aliphatic rings. The van der Waals surface area contributed by atoms with Crippen molar-refractivity contribution in [3.63, 3.8) is 0 Å². The van der Waals surface area contributed by atoms with Crippen LogP contribution in [0.4, 0.5) is 0 Å². The van der Waals surface area contributed by atoms with Crippen molar-refractivity contribution in [3.05, 3.63) is 34.4 Å². The van der Waals surface area contributed by atoms with Gasteiger partial charge in [-0.15, -0.1) is 0 Å². The van der Waals surface area contributed by atoms with Crippen molar-refractivity contribution >= 4 is 15.9 Å². The quantitative estimate of drug-likeness (QED) is 0.824. The van der Waals surface area contributed by atoms with Crippen LogP contribution in [0.25, 0.3) is 0 Å². The fourth-order valence-electron chi connectivity index (χ4n) is 3.24. The van der Waals surface area contributed by atoms with E-state index in [1.54, 1.807) is 4.90 Å². The maximum atomic E-state index is 12.7. The summed E-state index contributed by atoms with van der Waals surface area (Å²) in [4.78, 5) is 14.4. The predicted molar refractivity (Wildman–Crippen MR) is 101 cm³/mol. The summed E-state index contributed by atoms with van der Waals surface area (Å²) < 4.78 is 24.6. The number of carbonyl (C=O) groups is 1. The Balaban J connectivity index is 2.09. The fourth-order valence-corrected chi connectivity index (χ4v) is 4.06. The topological polar surface area (TPSA) is 57.7 Å². The lowest BCUT2D eigenvalue weighted by atomic mass is 9.83. The summed E-state index contributed by atoms with van der Waals surface area (Å²) in [6.07, 6.45) is 1.59. The van der Waals surface area contributed by atoms with Crippen molar-refractivity contribution in [1.29, 1.82) is 0 Å². The lowest BCUT2D eigenvalue weighted by molar-refractivity contribution is -0.131. The summed E-state index contributed by atoms with van der Waals surface area (Å²) in [5, 5.41) is 0. The first-order valence-corrected chi connectivity index (χ1v) is 10.6. The molecule has 0 N–H and O–H groups in total. The summed E-state index contributed by atoms with van der Waals surface area (Å²) in [5.41, 5.74) is 4.74. The summed E-state index contributed by atoms with van der Waals surface area (Å²) in [5.74, 6) is 0.0721. The summed E-state index contributed by atoms with van der Waals surface area (Å²) in [6.45, 7) is 12.4. The molecule has 1 aromatic carbocycles. The average Bonchev–Trinajstić information content (AvgIpc) is 2.48. The standard InChI is InChI=1S/C19H30N2O3S/c1-14-11-16(19(3,4)5)12-15(2)17(14)13-18(22)20-7-9-21(10-8-20)25(6,23)24/h11-12H,7-10,13H2,1-6H3. The molecule has 0 bridgehead atoms. The zero-order chi connectivity index (χ0) is 19.0. The van der Waals surface area contributed by atoms with Crippen LogP contribution in [0.15, 0.2) is 12.1 Å². The van der Waals surface area contributed by atoms with Crippen LogP contribution >= 0.6 is 0 Å².